The van der Waals surface area contributed by atoms with Gasteiger partial charge in [0.25, 0.3) is 0 Å². The highest BCUT2D eigenvalue weighted by molar-refractivity contribution is 9.10. The Morgan fingerprint density at radius 2 is 1.96 bits per heavy atom. The number of nitrogens with zero attached hydrogens (tertiary/aromatic N) is 2. The number of likely N-dealkylation sites (N-methyl/N-ethyl adjacent to an activating group) is 1. The molecule has 0 heterocycles. The first-order valence-electron chi connectivity index (χ1n) is 8.24. The summed E-state index contributed by atoms with van der Waals surface area (Å²) in [6, 6.07) is 8.18. The number of amides is 1. The van der Waals surface area contributed by atoms with Gasteiger partial charge in [-0.1, -0.05) is 48.0 Å². The number of nitrogens with one attached hydrogen (secondary N) is 2. The Labute approximate surface area is 159 Å². The molecule has 7 heteroatoms. The molecule has 6 nitrogen and oxygen atoms in total. The van der Waals surface area contributed by atoms with E-state index in [1.54, 1.807) is 21.2 Å². The van der Waals surface area contributed by atoms with Crippen LogP contribution < -0.4 is 10.6 Å². The molecule has 0 spiro atoms. The lowest BCUT2D eigenvalue weighted by Crippen LogP contribution is -2.45. The van der Waals surface area contributed by atoms with E-state index in [0.29, 0.717) is 25.7 Å². The zero-order valence-electron chi connectivity index (χ0n) is 15.7. The van der Waals surface area contributed by atoms with Gasteiger partial charge in [0.2, 0.25) is 5.91 Å². The van der Waals surface area contributed by atoms with E-state index in [1.165, 1.54) is 10.5 Å². The van der Waals surface area contributed by atoms with Crippen molar-refractivity contribution in [3.05, 3.63) is 34.3 Å². The van der Waals surface area contributed by atoms with Gasteiger partial charge >= 0.3 is 0 Å². The van der Waals surface area contributed by atoms with Gasteiger partial charge in [0.05, 0.1) is 6.61 Å². The summed E-state index contributed by atoms with van der Waals surface area (Å²) in [4.78, 5) is 17.7. The molecule has 0 radical (unpaired) electrons. The molecule has 0 fully saturated rings. The fraction of sp³-hybridized carbons (Fsp3) is 0.556. The summed E-state index contributed by atoms with van der Waals surface area (Å²) in [6.45, 7) is 6.29. The fourth-order valence-corrected chi connectivity index (χ4v) is 2.97. The second-order valence-electron chi connectivity index (χ2n) is 6.59. The van der Waals surface area contributed by atoms with Crippen molar-refractivity contribution in [2.45, 2.75) is 19.3 Å². The molecule has 0 aliphatic carbocycles. The van der Waals surface area contributed by atoms with Gasteiger partial charge in [-0.2, -0.15) is 0 Å². The second kappa shape index (κ2) is 10.4. The van der Waals surface area contributed by atoms with Crippen LogP contribution >= 0.6 is 15.9 Å². The molecule has 0 saturated carbocycles. The number of guanidine groups is 1. The zero-order valence-corrected chi connectivity index (χ0v) is 17.3. The van der Waals surface area contributed by atoms with Gasteiger partial charge in [0, 0.05) is 44.2 Å². The third-order valence-corrected chi connectivity index (χ3v) is 4.46. The number of aliphatic imine (C=N–C) groups is 1. The van der Waals surface area contributed by atoms with Gasteiger partial charge in [-0.05, 0) is 11.6 Å². The molecule has 0 aromatic heterocycles. The van der Waals surface area contributed by atoms with Crippen LogP contribution in [0.1, 0.15) is 19.4 Å². The van der Waals surface area contributed by atoms with Crippen LogP contribution in [-0.4, -0.2) is 64.2 Å². The Morgan fingerprint density at radius 1 is 1.28 bits per heavy atom. The monoisotopic (exact) mass is 412 g/mol. The summed E-state index contributed by atoms with van der Waals surface area (Å²) in [6.07, 6.45) is 0. The van der Waals surface area contributed by atoms with Crippen LogP contribution in [0, 0.1) is 0 Å². The largest absolute Gasteiger partial charge is 0.383 e. The van der Waals surface area contributed by atoms with Crippen molar-refractivity contribution in [1.29, 1.82) is 0 Å². The van der Waals surface area contributed by atoms with E-state index in [0.717, 1.165) is 4.47 Å². The summed E-state index contributed by atoms with van der Waals surface area (Å²) in [5.74, 6) is 0.560. The quantitative estimate of drug-likeness (QED) is 0.389. The molecule has 25 heavy (non-hydrogen) atoms. The Morgan fingerprint density at radius 3 is 2.56 bits per heavy atom. The molecule has 0 atom stereocenters. The Kier molecular flexibility index (Phi) is 8.92. The molecule has 140 valence electrons. The van der Waals surface area contributed by atoms with E-state index in [2.05, 4.69) is 51.5 Å². The lowest BCUT2D eigenvalue weighted by molar-refractivity contribution is -0.127. The minimum Gasteiger partial charge on any atom is -0.383 e. The topological polar surface area (TPSA) is 66.0 Å². The maximum Gasteiger partial charge on any atom is 0.243 e. The molecule has 1 aromatic rings. The van der Waals surface area contributed by atoms with Crippen LogP contribution in [0.5, 0.6) is 0 Å². The summed E-state index contributed by atoms with van der Waals surface area (Å²) < 4.78 is 6.14. The number of benzene rings is 1. The van der Waals surface area contributed by atoms with Crippen LogP contribution in [0.15, 0.2) is 33.7 Å². The minimum atomic E-state index is -0.116. The van der Waals surface area contributed by atoms with Crippen molar-refractivity contribution in [3.63, 3.8) is 0 Å². The first kappa shape index (κ1) is 21.4. The molecule has 0 unspecified atom stereocenters. The molecule has 2 N–H and O–H groups in total. The predicted octanol–water partition coefficient (Wildman–Crippen LogP) is 2.00. The smallest absolute Gasteiger partial charge is 0.243 e. The van der Waals surface area contributed by atoms with E-state index in [4.69, 9.17) is 4.74 Å². The molecule has 1 amide bonds. The van der Waals surface area contributed by atoms with Gasteiger partial charge in [-0.25, -0.2) is 4.99 Å². The highest BCUT2D eigenvalue weighted by atomic mass is 79.9. The number of halogens is 1. The summed E-state index contributed by atoms with van der Waals surface area (Å²) >= 11 is 3.62. The third kappa shape index (κ3) is 7.44. The number of hydrogen-bond acceptors (Lipinski definition) is 3. The molecule has 0 bridgehead atoms. The Bertz CT molecular complexity index is 588. The van der Waals surface area contributed by atoms with Crippen LogP contribution in [0.3, 0.4) is 0 Å². The first-order chi connectivity index (χ1) is 11.8. The van der Waals surface area contributed by atoms with Crippen molar-refractivity contribution in [1.82, 2.24) is 15.5 Å². The second-order valence-corrected chi connectivity index (χ2v) is 7.44. The molecule has 0 aliphatic rings. The highest BCUT2D eigenvalue weighted by Gasteiger charge is 2.23. The number of ether oxygens (including phenoxy) is 1. The van der Waals surface area contributed by atoms with Crippen LogP contribution in [0.4, 0.5) is 0 Å². The first-order valence-corrected chi connectivity index (χ1v) is 9.03. The van der Waals surface area contributed by atoms with E-state index in [9.17, 15) is 4.79 Å². The standard InChI is InChI=1S/C18H29BrN4O2/c1-18(2,14-8-6-7-9-15(14)19)13-22-17(20-10-11-25-5)21-12-16(24)23(3)4/h6-9H,10-13H2,1-5H3,(H2,20,21,22). The number of hydrogen-bond donors (Lipinski definition) is 2. The molecular weight excluding hydrogens is 384 g/mol. The lowest BCUT2D eigenvalue weighted by atomic mass is 9.84. The Balaban J connectivity index is 2.77. The van der Waals surface area contributed by atoms with Gasteiger partial charge in [0.15, 0.2) is 5.96 Å². The van der Waals surface area contributed by atoms with Crippen molar-refractivity contribution in [2.75, 3.05) is 47.4 Å². The van der Waals surface area contributed by atoms with Gasteiger partial charge < -0.3 is 20.3 Å². The molecular formula is C18H29BrN4O2. The maximum atomic E-state index is 11.8. The molecule has 0 aliphatic heterocycles. The SMILES string of the molecule is COCCNC(=NCC(=O)N(C)C)NCC(C)(C)c1ccccc1Br. The zero-order chi connectivity index (χ0) is 18.9. The lowest BCUT2D eigenvalue weighted by Gasteiger charge is -2.28. The van der Waals surface area contributed by atoms with Crippen LogP contribution in [0.2, 0.25) is 0 Å². The minimum absolute atomic E-state index is 0.0436. The third-order valence-electron chi connectivity index (χ3n) is 3.77. The van der Waals surface area contributed by atoms with Crippen LogP contribution in [0.25, 0.3) is 0 Å². The van der Waals surface area contributed by atoms with E-state index >= 15 is 0 Å². The average Bonchev–Trinajstić information content (AvgIpc) is 2.56. The molecule has 1 rings (SSSR count). The van der Waals surface area contributed by atoms with Crippen LogP contribution in [-0.2, 0) is 14.9 Å². The molecule has 0 saturated heterocycles. The normalized spacial score (nSPS) is 12.0. The van der Waals surface area contributed by atoms with Gasteiger partial charge in [-0.3, -0.25) is 4.79 Å². The predicted molar refractivity (Wildman–Crippen MR) is 106 cm³/mol. The van der Waals surface area contributed by atoms with Gasteiger partial charge in [0.1, 0.15) is 6.54 Å². The van der Waals surface area contributed by atoms with E-state index < -0.39 is 0 Å². The van der Waals surface area contributed by atoms with Crippen molar-refractivity contribution < 1.29 is 9.53 Å². The summed E-state index contributed by atoms with van der Waals surface area (Å²) in [5.41, 5.74) is 1.10. The molecule has 1 aromatic carbocycles. The summed E-state index contributed by atoms with van der Waals surface area (Å²) in [7, 11) is 5.09. The number of rotatable bonds is 8. The number of carbonyl (C=O) groups is 1. The number of carbonyl (C=O) groups excluding carboxylic acids is 1. The average molecular weight is 413 g/mol. The highest BCUT2D eigenvalue weighted by Crippen LogP contribution is 2.29. The van der Waals surface area contributed by atoms with Crippen molar-refractivity contribution in [2.24, 2.45) is 4.99 Å². The van der Waals surface area contributed by atoms with E-state index in [1.807, 2.05) is 18.2 Å². The van der Waals surface area contributed by atoms with Gasteiger partial charge in [-0.15, -0.1) is 0 Å². The van der Waals surface area contributed by atoms with Crippen molar-refractivity contribution in [3.8, 4) is 0 Å². The summed E-state index contributed by atoms with van der Waals surface area (Å²) in [5, 5.41) is 6.52. The number of methoxy groups -OCH3 is 1. The fourth-order valence-electron chi connectivity index (χ4n) is 2.14. The Hall–Kier alpha value is -1.60. The van der Waals surface area contributed by atoms with E-state index in [-0.39, 0.29) is 17.9 Å². The maximum absolute atomic E-state index is 11.8. The van der Waals surface area contributed by atoms with Crippen molar-refractivity contribution >= 4 is 27.8 Å².